The molecule has 0 aliphatic carbocycles. The highest BCUT2D eigenvalue weighted by molar-refractivity contribution is 7.99. The maximum Gasteiger partial charge on any atom is 0.288 e. The first kappa shape index (κ1) is 9.83. The zero-order valence-corrected chi connectivity index (χ0v) is 7.21. The SMILES string of the molecule is [N-]=[N+]=Nc1cccc(SC(F)F)c1. The summed E-state index contributed by atoms with van der Waals surface area (Å²) in [4.78, 5) is 2.94. The summed E-state index contributed by atoms with van der Waals surface area (Å²) in [6, 6.07) is 6.06. The second-order valence-electron chi connectivity index (χ2n) is 2.07. The monoisotopic (exact) mass is 201 g/mol. The molecule has 3 nitrogen and oxygen atoms in total. The molecule has 0 bridgehead atoms. The molecule has 0 aliphatic rings. The second-order valence-corrected chi connectivity index (χ2v) is 3.13. The van der Waals surface area contributed by atoms with Gasteiger partial charge in [0.2, 0.25) is 0 Å². The van der Waals surface area contributed by atoms with Gasteiger partial charge in [0.05, 0.1) is 0 Å². The predicted octanol–water partition coefficient (Wildman–Crippen LogP) is 3.94. The van der Waals surface area contributed by atoms with Gasteiger partial charge in [-0.2, -0.15) is 8.78 Å². The maximum atomic E-state index is 11.9. The van der Waals surface area contributed by atoms with Crippen LogP contribution in [0.4, 0.5) is 14.5 Å². The van der Waals surface area contributed by atoms with Crippen LogP contribution in [0.15, 0.2) is 34.3 Å². The van der Waals surface area contributed by atoms with Crippen molar-refractivity contribution in [2.24, 2.45) is 5.11 Å². The van der Waals surface area contributed by atoms with Crippen LogP contribution in [-0.4, -0.2) is 5.76 Å². The fraction of sp³-hybridized carbons (Fsp3) is 0.143. The normalized spacial score (nSPS) is 9.77. The van der Waals surface area contributed by atoms with Crippen LogP contribution < -0.4 is 0 Å². The Morgan fingerprint density at radius 2 is 2.23 bits per heavy atom. The zero-order valence-electron chi connectivity index (χ0n) is 6.39. The van der Waals surface area contributed by atoms with Crippen molar-refractivity contribution in [3.63, 3.8) is 0 Å². The van der Waals surface area contributed by atoms with Crippen molar-refractivity contribution < 1.29 is 8.78 Å². The molecule has 0 fully saturated rings. The number of hydrogen-bond acceptors (Lipinski definition) is 2. The Kier molecular flexibility index (Phi) is 3.54. The Morgan fingerprint density at radius 3 is 2.85 bits per heavy atom. The average Bonchev–Trinajstić information content (AvgIpc) is 2.04. The lowest BCUT2D eigenvalue weighted by molar-refractivity contribution is 0.252. The van der Waals surface area contributed by atoms with E-state index < -0.39 is 5.76 Å². The Balaban J connectivity index is 2.85. The number of alkyl halides is 2. The third-order valence-electron chi connectivity index (χ3n) is 1.20. The largest absolute Gasteiger partial charge is 0.288 e. The molecular formula is C7H5F2N3S. The van der Waals surface area contributed by atoms with Gasteiger partial charge in [-0.1, -0.05) is 29.0 Å². The van der Waals surface area contributed by atoms with Gasteiger partial charge in [0.1, 0.15) is 0 Å². The van der Waals surface area contributed by atoms with Gasteiger partial charge in [-0.3, -0.25) is 0 Å². The molecule has 0 N–H and O–H groups in total. The third-order valence-corrected chi connectivity index (χ3v) is 1.91. The van der Waals surface area contributed by atoms with Crippen molar-refractivity contribution in [3.8, 4) is 0 Å². The number of halogens is 2. The van der Waals surface area contributed by atoms with Crippen LogP contribution >= 0.6 is 11.8 Å². The molecule has 0 saturated carbocycles. The Morgan fingerprint density at radius 1 is 1.46 bits per heavy atom. The summed E-state index contributed by atoms with van der Waals surface area (Å²) in [5, 5.41) is 3.30. The molecule has 0 spiro atoms. The summed E-state index contributed by atoms with van der Waals surface area (Å²) in [5.74, 6) is -2.46. The van der Waals surface area contributed by atoms with Gasteiger partial charge < -0.3 is 0 Å². The second kappa shape index (κ2) is 4.69. The van der Waals surface area contributed by atoms with E-state index in [-0.39, 0.29) is 0 Å². The number of hydrogen-bond donors (Lipinski definition) is 0. The fourth-order valence-corrected chi connectivity index (χ4v) is 1.33. The van der Waals surface area contributed by atoms with E-state index in [4.69, 9.17) is 5.53 Å². The molecule has 68 valence electrons. The molecule has 1 rings (SSSR count). The van der Waals surface area contributed by atoms with Crippen LogP contribution in [0, 0.1) is 0 Å². The number of thioether (sulfide) groups is 1. The van der Waals surface area contributed by atoms with Crippen LogP contribution in [0.5, 0.6) is 0 Å². The first-order valence-electron chi connectivity index (χ1n) is 3.32. The Labute approximate surface area is 77.4 Å². The number of azide groups is 1. The third kappa shape index (κ3) is 3.31. The Hall–Kier alpha value is -1.26. The molecular weight excluding hydrogens is 196 g/mol. The molecule has 1 aromatic rings. The lowest BCUT2D eigenvalue weighted by Gasteiger charge is -1.99. The van der Waals surface area contributed by atoms with Crippen molar-refractivity contribution in [2.75, 3.05) is 0 Å². The van der Waals surface area contributed by atoms with Gasteiger partial charge in [0.25, 0.3) is 5.76 Å². The molecule has 6 heteroatoms. The molecule has 0 aromatic heterocycles. The summed E-state index contributed by atoms with van der Waals surface area (Å²) < 4.78 is 23.8. The maximum absolute atomic E-state index is 11.9. The van der Waals surface area contributed by atoms with Crippen molar-refractivity contribution in [1.29, 1.82) is 0 Å². The smallest absolute Gasteiger partial charge is 0.198 e. The van der Waals surface area contributed by atoms with Crippen LogP contribution in [-0.2, 0) is 0 Å². The van der Waals surface area contributed by atoms with E-state index in [1.165, 1.54) is 12.1 Å². The molecule has 13 heavy (non-hydrogen) atoms. The molecule has 0 heterocycles. The van der Waals surface area contributed by atoms with Gasteiger partial charge in [-0.15, -0.1) is 0 Å². The molecule has 1 aromatic carbocycles. The number of benzene rings is 1. The standard InChI is InChI=1S/C7H5F2N3S/c8-7(9)13-6-3-1-2-5(4-6)11-12-10/h1-4,7H. The molecule has 0 unspecified atom stereocenters. The molecule has 0 saturated heterocycles. The van der Waals surface area contributed by atoms with Gasteiger partial charge in [0.15, 0.2) is 0 Å². The van der Waals surface area contributed by atoms with Crippen molar-refractivity contribution in [2.45, 2.75) is 10.7 Å². The summed E-state index contributed by atoms with van der Waals surface area (Å²) in [6.45, 7) is 0. The van der Waals surface area contributed by atoms with Gasteiger partial charge in [-0.05, 0) is 17.7 Å². The summed E-state index contributed by atoms with van der Waals surface area (Å²) >= 11 is 0.422. The highest BCUT2D eigenvalue weighted by Gasteiger charge is 2.04. The van der Waals surface area contributed by atoms with E-state index in [0.717, 1.165) is 0 Å². The molecule has 0 radical (unpaired) electrons. The predicted molar refractivity (Wildman–Crippen MR) is 47.1 cm³/mol. The van der Waals surface area contributed by atoms with Crippen molar-refractivity contribution >= 4 is 17.4 Å². The lowest BCUT2D eigenvalue weighted by Crippen LogP contribution is -1.80. The van der Waals surface area contributed by atoms with E-state index >= 15 is 0 Å². The van der Waals surface area contributed by atoms with Crippen molar-refractivity contribution in [3.05, 3.63) is 34.7 Å². The lowest BCUT2D eigenvalue weighted by atomic mass is 10.3. The van der Waals surface area contributed by atoms with Gasteiger partial charge in [-0.25, -0.2) is 0 Å². The minimum Gasteiger partial charge on any atom is -0.198 e. The van der Waals surface area contributed by atoms with Gasteiger partial charge >= 0.3 is 0 Å². The van der Waals surface area contributed by atoms with Crippen LogP contribution in [0.1, 0.15) is 0 Å². The first-order chi connectivity index (χ1) is 6.22. The summed E-state index contributed by atoms with van der Waals surface area (Å²) in [7, 11) is 0. The molecule has 0 aliphatic heterocycles. The highest BCUT2D eigenvalue weighted by atomic mass is 32.2. The Bertz CT molecular complexity index is 336. The van der Waals surface area contributed by atoms with E-state index in [2.05, 4.69) is 10.0 Å². The van der Waals surface area contributed by atoms with Crippen LogP contribution in [0.3, 0.4) is 0 Å². The quantitative estimate of drug-likeness (QED) is 0.316. The fourth-order valence-electron chi connectivity index (χ4n) is 0.774. The number of rotatable bonds is 3. The van der Waals surface area contributed by atoms with Crippen LogP contribution in [0.2, 0.25) is 0 Å². The van der Waals surface area contributed by atoms with E-state index in [1.807, 2.05) is 0 Å². The topological polar surface area (TPSA) is 48.8 Å². The van der Waals surface area contributed by atoms with E-state index in [0.29, 0.717) is 22.3 Å². The number of nitrogens with zero attached hydrogens (tertiary/aromatic N) is 3. The van der Waals surface area contributed by atoms with Crippen LogP contribution in [0.25, 0.3) is 10.4 Å². The first-order valence-corrected chi connectivity index (χ1v) is 4.20. The minimum atomic E-state index is -2.46. The average molecular weight is 201 g/mol. The molecule has 0 amide bonds. The summed E-state index contributed by atoms with van der Waals surface area (Å²) in [6.07, 6.45) is 0. The highest BCUT2D eigenvalue weighted by Crippen LogP contribution is 2.27. The zero-order chi connectivity index (χ0) is 9.68. The summed E-state index contributed by atoms with van der Waals surface area (Å²) in [5.41, 5.74) is 8.44. The van der Waals surface area contributed by atoms with Gasteiger partial charge in [0, 0.05) is 15.5 Å². The minimum absolute atomic E-state index is 0.341. The van der Waals surface area contributed by atoms with Crippen molar-refractivity contribution in [1.82, 2.24) is 0 Å². The van der Waals surface area contributed by atoms with E-state index in [9.17, 15) is 8.78 Å². The van der Waals surface area contributed by atoms with E-state index in [1.54, 1.807) is 12.1 Å². The molecule has 0 atom stereocenters.